The third kappa shape index (κ3) is 6.38. The van der Waals surface area contributed by atoms with Gasteiger partial charge >= 0.3 is 12.4 Å². The van der Waals surface area contributed by atoms with Crippen LogP contribution in [0.1, 0.15) is 41.9 Å². The molecule has 0 bridgehead atoms. The number of anilines is 1. The molecule has 1 N–H and O–H groups in total. The molecule has 218 valence electrons. The standard InChI is InChI=1S/C28H31F6N3O2S/c1-36-10-8-17(9-11-36)35-21-4-2-3-5-22(21)40-23-7-6-18(24(27(29,30)31)25(23)28(32,33)34)19-16-20(19)26(38)37-12-14-39-15-13-37/h2-7,17,19-20,35H,8-16H2,1H3. The maximum Gasteiger partial charge on any atom is 0.418 e. The summed E-state index contributed by atoms with van der Waals surface area (Å²) < 4.78 is 91.8. The van der Waals surface area contributed by atoms with Crippen molar-refractivity contribution in [3.05, 3.63) is 53.1 Å². The van der Waals surface area contributed by atoms with Gasteiger partial charge in [0.15, 0.2) is 0 Å². The fraction of sp³-hybridized carbons (Fsp3) is 0.536. The van der Waals surface area contributed by atoms with E-state index in [1.807, 2.05) is 7.05 Å². The van der Waals surface area contributed by atoms with Crippen molar-refractivity contribution in [3.63, 3.8) is 0 Å². The van der Waals surface area contributed by atoms with Crippen molar-refractivity contribution in [1.29, 1.82) is 0 Å². The SMILES string of the molecule is CN1CCC(Nc2ccccc2Sc2ccc(C3CC3C(=O)N3CCOCC3)c(C(F)(F)F)c2C(F)(F)F)CC1. The lowest BCUT2D eigenvalue weighted by atomic mass is 9.95. The van der Waals surface area contributed by atoms with Gasteiger partial charge < -0.3 is 19.9 Å². The van der Waals surface area contributed by atoms with Gasteiger partial charge in [-0.05, 0) is 69.1 Å². The van der Waals surface area contributed by atoms with Crippen molar-refractivity contribution in [2.75, 3.05) is 51.8 Å². The van der Waals surface area contributed by atoms with Gasteiger partial charge in [0.05, 0.1) is 24.3 Å². The Labute approximate surface area is 233 Å². The van der Waals surface area contributed by atoms with Crippen LogP contribution in [-0.4, -0.2) is 68.2 Å². The van der Waals surface area contributed by atoms with Gasteiger partial charge in [0.25, 0.3) is 0 Å². The van der Waals surface area contributed by atoms with Crippen LogP contribution < -0.4 is 5.32 Å². The molecule has 2 saturated heterocycles. The highest BCUT2D eigenvalue weighted by Crippen LogP contribution is 2.56. The van der Waals surface area contributed by atoms with Gasteiger partial charge in [-0.3, -0.25) is 4.79 Å². The number of rotatable bonds is 6. The summed E-state index contributed by atoms with van der Waals surface area (Å²) in [6.45, 7) is 3.05. The molecule has 2 atom stereocenters. The lowest BCUT2D eigenvalue weighted by Crippen LogP contribution is -2.41. The number of morpholine rings is 1. The number of hydrogen-bond acceptors (Lipinski definition) is 5. The highest BCUT2D eigenvalue weighted by molar-refractivity contribution is 7.99. The highest BCUT2D eigenvalue weighted by Gasteiger charge is 2.53. The van der Waals surface area contributed by atoms with Crippen LogP contribution >= 0.6 is 11.8 Å². The van der Waals surface area contributed by atoms with E-state index in [0.717, 1.165) is 38.1 Å². The van der Waals surface area contributed by atoms with Gasteiger partial charge in [0, 0.05) is 40.5 Å². The second-order valence-corrected chi connectivity index (χ2v) is 11.7. The van der Waals surface area contributed by atoms with Crippen LogP contribution in [0.3, 0.4) is 0 Å². The molecular formula is C28H31F6N3O2S. The van der Waals surface area contributed by atoms with E-state index in [2.05, 4.69) is 10.2 Å². The number of para-hydroxylation sites is 1. The van der Waals surface area contributed by atoms with E-state index in [9.17, 15) is 31.1 Å². The summed E-state index contributed by atoms with van der Waals surface area (Å²) in [4.78, 5) is 16.5. The fourth-order valence-electron chi connectivity index (χ4n) is 5.58. The zero-order chi connectivity index (χ0) is 28.7. The van der Waals surface area contributed by atoms with E-state index in [1.54, 1.807) is 24.3 Å². The molecule has 3 aliphatic rings. The first kappa shape index (κ1) is 29.1. The van der Waals surface area contributed by atoms with E-state index in [-0.39, 0.29) is 18.4 Å². The number of benzene rings is 2. The minimum Gasteiger partial charge on any atom is -0.381 e. The molecule has 1 aliphatic carbocycles. The molecule has 5 nitrogen and oxygen atoms in total. The number of halogens is 6. The smallest absolute Gasteiger partial charge is 0.381 e. The topological polar surface area (TPSA) is 44.8 Å². The van der Waals surface area contributed by atoms with E-state index in [0.29, 0.717) is 48.6 Å². The Bertz CT molecular complexity index is 1220. The van der Waals surface area contributed by atoms with Crippen LogP contribution in [-0.2, 0) is 21.9 Å². The first-order valence-electron chi connectivity index (χ1n) is 13.3. The minimum atomic E-state index is -5.25. The van der Waals surface area contributed by atoms with Crippen LogP contribution in [0.15, 0.2) is 46.2 Å². The van der Waals surface area contributed by atoms with Gasteiger partial charge in [0.2, 0.25) is 5.91 Å². The summed E-state index contributed by atoms with van der Waals surface area (Å²) in [5.74, 6) is -2.01. The quantitative estimate of drug-likeness (QED) is 0.400. The number of carbonyl (C=O) groups excluding carboxylic acids is 1. The number of alkyl halides is 6. The molecular weight excluding hydrogens is 556 g/mol. The Morgan fingerprint density at radius 3 is 2.20 bits per heavy atom. The van der Waals surface area contributed by atoms with Crippen molar-refractivity contribution < 1.29 is 35.9 Å². The molecule has 40 heavy (non-hydrogen) atoms. The number of carbonyl (C=O) groups is 1. The monoisotopic (exact) mass is 587 g/mol. The first-order valence-corrected chi connectivity index (χ1v) is 14.1. The van der Waals surface area contributed by atoms with Crippen molar-refractivity contribution in [1.82, 2.24) is 9.80 Å². The van der Waals surface area contributed by atoms with E-state index >= 15 is 0 Å². The summed E-state index contributed by atoms with van der Waals surface area (Å²) in [6, 6.07) is 9.11. The lowest BCUT2D eigenvalue weighted by Gasteiger charge is -2.30. The molecule has 12 heteroatoms. The van der Waals surface area contributed by atoms with Gasteiger partial charge in [-0.1, -0.05) is 30.0 Å². The average Bonchev–Trinajstić information content (AvgIpc) is 3.70. The number of likely N-dealkylation sites (tertiary alicyclic amines) is 1. The summed E-state index contributed by atoms with van der Waals surface area (Å²) in [6.07, 6.45) is -8.72. The Hall–Kier alpha value is -2.44. The summed E-state index contributed by atoms with van der Waals surface area (Å²) in [7, 11) is 2.02. The highest BCUT2D eigenvalue weighted by atomic mass is 32.2. The van der Waals surface area contributed by atoms with Gasteiger partial charge in [-0.25, -0.2) is 0 Å². The minimum absolute atomic E-state index is 0.0897. The van der Waals surface area contributed by atoms with Crippen molar-refractivity contribution >= 4 is 23.4 Å². The van der Waals surface area contributed by atoms with E-state index in [1.165, 1.54) is 4.90 Å². The molecule has 2 aromatic rings. The Morgan fingerprint density at radius 1 is 0.900 bits per heavy atom. The number of piperidine rings is 1. The second-order valence-electron chi connectivity index (χ2n) is 10.6. The van der Waals surface area contributed by atoms with Crippen molar-refractivity contribution in [2.45, 2.75) is 53.4 Å². The average molecular weight is 588 g/mol. The van der Waals surface area contributed by atoms with Gasteiger partial charge in [-0.15, -0.1) is 0 Å². The van der Waals surface area contributed by atoms with Gasteiger partial charge in [0.1, 0.15) is 0 Å². The molecule has 2 unspecified atom stereocenters. The lowest BCUT2D eigenvalue weighted by molar-refractivity contribution is -0.164. The molecule has 3 fully saturated rings. The third-order valence-corrected chi connectivity index (χ3v) is 8.92. The van der Waals surface area contributed by atoms with Crippen LogP contribution in [0.2, 0.25) is 0 Å². The molecule has 1 amide bonds. The number of nitrogens with one attached hydrogen (secondary N) is 1. The molecule has 0 aromatic heterocycles. The molecule has 2 aromatic carbocycles. The fourth-order valence-corrected chi connectivity index (χ4v) is 6.65. The number of hydrogen-bond donors (Lipinski definition) is 1. The maximum absolute atomic E-state index is 14.4. The third-order valence-electron chi connectivity index (χ3n) is 7.78. The van der Waals surface area contributed by atoms with E-state index < -0.39 is 45.8 Å². The zero-order valence-electron chi connectivity index (χ0n) is 21.9. The Morgan fingerprint density at radius 2 is 1.55 bits per heavy atom. The predicted molar refractivity (Wildman–Crippen MR) is 139 cm³/mol. The maximum atomic E-state index is 14.4. The number of nitrogens with zero attached hydrogens (tertiary/aromatic N) is 2. The summed E-state index contributed by atoms with van der Waals surface area (Å²) in [5.41, 5.74) is -3.26. The predicted octanol–water partition coefficient (Wildman–Crippen LogP) is 6.34. The zero-order valence-corrected chi connectivity index (χ0v) is 22.8. The molecule has 0 radical (unpaired) electrons. The molecule has 1 saturated carbocycles. The number of ether oxygens (including phenoxy) is 1. The van der Waals surface area contributed by atoms with Gasteiger partial charge in [-0.2, -0.15) is 26.3 Å². The largest absolute Gasteiger partial charge is 0.418 e. The van der Waals surface area contributed by atoms with E-state index in [4.69, 9.17) is 4.74 Å². The second kappa shape index (κ2) is 11.4. The van der Waals surface area contributed by atoms with Crippen LogP contribution in [0.5, 0.6) is 0 Å². The van der Waals surface area contributed by atoms with Crippen molar-refractivity contribution in [3.8, 4) is 0 Å². The van der Waals surface area contributed by atoms with Crippen molar-refractivity contribution in [2.24, 2.45) is 5.92 Å². The van der Waals surface area contributed by atoms with Crippen LogP contribution in [0, 0.1) is 5.92 Å². The normalized spacial score (nSPS) is 22.8. The Balaban J connectivity index is 1.47. The Kier molecular flexibility index (Phi) is 8.32. The molecule has 2 heterocycles. The van der Waals surface area contributed by atoms with Crippen LogP contribution in [0.25, 0.3) is 0 Å². The van der Waals surface area contributed by atoms with Crippen LogP contribution in [0.4, 0.5) is 32.0 Å². The molecule has 5 rings (SSSR count). The summed E-state index contributed by atoms with van der Waals surface area (Å²) >= 11 is 0.676. The molecule has 0 spiro atoms. The first-order chi connectivity index (χ1) is 18.9. The summed E-state index contributed by atoms with van der Waals surface area (Å²) in [5, 5.41) is 3.38. The molecule has 2 aliphatic heterocycles. The number of amides is 1.